The molecule has 1 atom stereocenters. The molecule has 0 spiro atoms. The van der Waals surface area contributed by atoms with Gasteiger partial charge in [-0.2, -0.15) is 0 Å². The van der Waals surface area contributed by atoms with E-state index in [1.165, 1.54) is 18.9 Å². The number of esters is 1. The monoisotopic (exact) mass is 331 g/mol. The van der Waals surface area contributed by atoms with Gasteiger partial charge < -0.3 is 9.64 Å². The number of benzene rings is 1. The maximum Gasteiger partial charge on any atom is 0.328 e. The van der Waals surface area contributed by atoms with Gasteiger partial charge >= 0.3 is 5.97 Å². The van der Waals surface area contributed by atoms with Crippen molar-refractivity contribution in [1.29, 1.82) is 0 Å². The molecule has 0 heterocycles. The Morgan fingerprint density at radius 2 is 1.75 bits per heavy atom. The summed E-state index contributed by atoms with van der Waals surface area (Å²) in [6.07, 6.45) is 4.98. The maximum absolute atomic E-state index is 12.5. The molecule has 1 unspecified atom stereocenters. The molecule has 0 radical (unpaired) electrons. The third-order valence-corrected chi connectivity index (χ3v) is 4.69. The second-order valence-corrected chi connectivity index (χ2v) is 6.30. The average molecular weight is 331 g/mol. The van der Waals surface area contributed by atoms with Gasteiger partial charge in [0.1, 0.15) is 6.04 Å². The molecule has 24 heavy (non-hydrogen) atoms. The van der Waals surface area contributed by atoms with E-state index in [1.807, 2.05) is 6.07 Å². The van der Waals surface area contributed by atoms with Crippen LogP contribution in [-0.4, -0.2) is 42.3 Å². The van der Waals surface area contributed by atoms with Crippen LogP contribution in [0.1, 0.15) is 49.4 Å². The molecule has 5 heteroatoms. The number of rotatable bonds is 6. The molecule has 1 fully saturated rings. The Kier molecular flexibility index (Phi) is 6.53. The highest BCUT2D eigenvalue weighted by Crippen LogP contribution is 2.30. The zero-order valence-electron chi connectivity index (χ0n) is 14.4. The average Bonchev–Trinajstić information content (AvgIpc) is 2.62. The molecule has 1 amide bonds. The molecule has 1 aliphatic rings. The number of carbonyl (C=O) groups is 3. The number of nitrogens with zero attached hydrogens (tertiary/aromatic N) is 1. The van der Waals surface area contributed by atoms with Crippen molar-refractivity contribution in [2.75, 3.05) is 13.7 Å². The number of ether oxygens (including phenoxy) is 1. The largest absolute Gasteiger partial charge is 0.467 e. The predicted molar refractivity (Wildman–Crippen MR) is 90.5 cm³/mol. The summed E-state index contributed by atoms with van der Waals surface area (Å²) in [6.45, 7) is 1.30. The Morgan fingerprint density at radius 1 is 1.12 bits per heavy atom. The number of carbonyl (C=O) groups excluding carboxylic acids is 3. The summed E-state index contributed by atoms with van der Waals surface area (Å²) in [7, 11) is 1.33. The quantitative estimate of drug-likeness (QED) is 0.594. The number of hydrogen-bond acceptors (Lipinski definition) is 4. The minimum Gasteiger partial charge on any atom is -0.467 e. The first-order valence-corrected chi connectivity index (χ1v) is 8.48. The van der Waals surface area contributed by atoms with Crippen LogP contribution in [0.4, 0.5) is 0 Å². The molecular weight excluding hydrogens is 306 g/mol. The fourth-order valence-electron chi connectivity index (χ4n) is 3.42. The van der Waals surface area contributed by atoms with E-state index in [9.17, 15) is 14.4 Å². The zero-order chi connectivity index (χ0) is 17.5. The lowest BCUT2D eigenvalue weighted by Crippen LogP contribution is -2.51. The number of amides is 1. The van der Waals surface area contributed by atoms with Crippen molar-refractivity contribution < 1.29 is 19.1 Å². The molecule has 5 nitrogen and oxygen atoms in total. The van der Waals surface area contributed by atoms with Gasteiger partial charge in [0, 0.05) is 12.5 Å². The Balaban J connectivity index is 2.22. The summed E-state index contributed by atoms with van der Waals surface area (Å²) >= 11 is 0. The summed E-state index contributed by atoms with van der Waals surface area (Å²) < 4.78 is 4.94. The van der Waals surface area contributed by atoms with Gasteiger partial charge in [0.15, 0.2) is 5.78 Å². The zero-order valence-corrected chi connectivity index (χ0v) is 14.4. The number of ketones is 1. The second kappa shape index (κ2) is 8.62. The molecule has 0 aliphatic heterocycles. The van der Waals surface area contributed by atoms with E-state index in [0.717, 1.165) is 32.1 Å². The van der Waals surface area contributed by atoms with Crippen LogP contribution in [0.15, 0.2) is 30.3 Å². The van der Waals surface area contributed by atoms with Crippen molar-refractivity contribution in [1.82, 2.24) is 4.90 Å². The summed E-state index contributed by atoms with van der Waals surface area (Å²) in [4.78, 5) is 38.4. The molecule has 1 aromatic rings. The molecule has 0 bridgehead atoms. The van der Waals surface area contributed by atoms with Gasteiger partial charge in [-0.25, -0.2) is 4.79 Å². The Labute approximate surface area is 143 Å². The number of Topliss-reactive ketones (excluding diaryl/α,β-unsaturated/α-hetero) is 1. The van der Waals surface area contributed by atoms with Crippen molar-refractivity contribution in [3.05, 3.63) is 35.9 Å². The molecule has 2 rings (SSSR count). The summed E-state index contributed by atoms with van der Waals surface area (Å²) in [6, 6.07) is 8.15. The van der Waals surface area contributed by atoms with Gasteiger partial charge in [0.2, 0.25) is 5.91 Å². The number of hydrogen-bond donors (Lipinski definition) is 0. The molecule has 1 aliphatic carbocycles. The Bertz CT molecular complexity index is 578. The normalized spacial score (nSPS) is 16.2. The summed E-state index contributed by atoms with van der Waals surface area (Å²) in [5.41, 5.74) is 0.538. The predicted octanol–water partition coefficient (Wildman–Crippen LogP) is 2.84. The van der Waals surface area contributed by atoms with Gasteiger partial charge in [-0.05, 0) is 18.8 Å². The van der Waals surface area contributed by atoms with Gasteiger partial charge in [-0.3, -0.25) is 9.59 Å². The van der Waals surface area contributed by atoms with E-state index in [0.29, 0.717) is 5.56 Å². The second-order valence-electron chi connectivity index (χ2n) is 6.30. The molecule has 130 valence electrons. The molecule has 0 saturated heterocycles. The van der Waals surface area contributed by atoms with E-state index >= 15 is 0 Å². The molecule has 1 aromatic carbocycles. The third-order valence-electron chi connectivity index (χ3n) is 4.69. The smallest absolute Gasteiger partial charge is 0.328 e. The van der Waals surface area contributed by atoms with Crippen molar-refractivity contribution in [2.24, 2.45) is 5.92 Å². The fourth-order valence-corrected chi connectivity index (χ4v) is 3.42. The van der Waals surface area contributed by atoms with Gasteiger partial charge in [-0.1, -0.05) is 49.6 Å². The van der Waals surface area contributed by atoms with Crippen molar-refractivity contribution in [3.63, 3.8) is 0 Å². The molecular formula is C19H25NO4. The Hall–Kier alpha value is -2.17. The first-order chi connectivity index (χ1) is 11.5. The first kappa shape index (κ1) is 18.2. The fraction of sp³-hybridized carbons (Fsp3) is 0.526. The Morgan fingerprint density at radius 3 is 2.29 bits per heavy atom. The van der Waals surface area contributed by atoms with E-state index < -0.39 is 12.0 Å². The third kappa shape index (κ3) is 4.43. The SMILES string of the molecule is COC(=O)C(C1CCCCC1)N(CC(=O)c1ccccc1)C(C)=O. The summed E-state index contributed by atoms with van der Waals surface area (Å²) in [5.74, 6) is -0.826. The van der Waals surface area contributed by atoms with Crippen LogP contribution in [0, 0.1) is 5.92 Å². The van der Waals surface area contributed by atoms with Crippen LogP contribution in [0.3, 0.4) is 0 Å². The van der Waals surface area contributed by atoms with Crippen LogP contribution in [0.25, 0.3) is 0 Å². The van der Waals surface area contributed by atoms with E-state index in [2.05, 4.69) is 0 Å². The molecule has 0 aromatic heterocycles. The van der Waals surface area contributed by atoms with E-state index in [1.54, 1.807) is 24.3 Å². The van der Waals surface area contributed by atoms with Crippen LogP contribution in [0.5, 0.6) is 0 Å². The maximum atomic E-state index is 12.5. The van der Waals surface area contributed by atoms with Crippen LogP contribution in [0.2, 0.25) is 0 Å². The minimum absolute atomic E-state index is 0.0543. The van der Waals surface area contributed by atoms with Crippen molar-refractivity contribution in [3.8, 4) is 0 Å². The highest BCUT2D eigenvalue weighted by molar-refractivity contribution is 6.00. The van der Waals surface area contributed by atoms with Gasteiger partial charge in [0.05, 0.1) is 13.7 Å². The van der Waals surface area contributed by atoms with Crippen LogP contribution >= 0.6 is 0 Å². The van der Waals surface area contributed by atoms with Crippen molar-refractivity contribution >= 4 is 17.7 Å². The first-order valence-electron chi connectivity index (χ1n) is 8.48. The van der Waals surface area contributed by atoms with E-state index in [-0.39, 0.29) is 24.2 Å². The van der Waals surface area contributed by atoms with Gasteiger partial charge in [-0.15, -0.1) is 0 Å². The summed E-state index contributed by atoms with van der Waals surface area (Å²) in [5, 5.41) is 0. The van der Waals surface area contributed by atoms with Gasteiger partial charge in [0.25, 0.3) is 0 Å². The van der Waals surface area contributed by atoms with Crippen molar-refractivity contribution in [2.45, 2.75) is 45.1 Å². The molecule has 0 N–H and O–H groups in total. The lowest BCUT2D eigenvalue weighted by Gasteiger charge is -2.36. The molecule has 1 saturated carbocycles. The highest BCUT2D eigenvalue weighted by Gasteiger charge is 2.37. The minimum atomic E-state index is -0.680. The van der Waals surface area contributed by atoms with Crippen LogP contribution in [-0.2, 0) is 14.3 Å². The standard InChI is InChI=1S/C19H25NO4/c1-14(21)20(13-17(22)15-9-5-3-6-10-15)18(19(23)24-2)16-11-7-4-8-12-16/h3,5-6,9-10,16,18H,4,7-8,11-13H2,1-2H3. The van der Waals surface area contributed by atoms with E-state index in [4.69, 9.17) is 4.74 Å². The van der Waals surface area contributed by atoms with Crippen LogP contribution < -0.4 is 0 Å². The lowest BCUT2D eigenvalue weighted by atomic mass is 9.83. The topological polar surface area (TPSA) is 63.7 Å². The lowest BCUT2D eigenvalue weighted by molar-refractivity contribution is -0.154. The highest BCUT2D eigenvalue weighted by atomic mass is 16.5. The number of methoxy groups -OCH3 is 1.